The van der Waals surface area contributed by atoms with Gasteiger partial charge in [-0.25, -0.2) is 0 Å². The van der Waals surface area contributed by atoms with Gasteiger partial charge < -0.3 is 0 Å². The van der Waals surface area contributed by atoms with E-state index >= 15 is 0 Å². The van der Waals surface area contributed by atoms with E-state index in [0.29, 0.717) is 10.0 Å². The van der Waals surface area contributed by atoms with Crippen molar-refractivity contribution in [2.45, 2.75) is 18.7 Å². The van der Waals surface area contributed by atoms with Crippen molar-refractivity contribution in [2.24, 2.45) is 0 Å². The second-order valence-corrected chi connectivity index (χ2v) is 8.02. The van der Waals surface area contributed by atoms with E-state index in [1.165, 1.54) is 0 Å². The molecule has 1 atom stereocenters. The Morgan fingerprint density at radius 1 is 0.920 bits per heavy atom. The van der Waals surface area contributed by atoms with E-state index in [-0.39, 0.29) is 0 Å². The van der Waals surface area contributed by atoms with Gasteiger partial charge in [-0.1, -0.05) is 47.5 Å². The van der Waals surface area contributed by atoms with E-state index in [1.807, 2.05) is 49.5 Å². The molecule has 2 aromatic carbocycles. The van der Waals surface area contributed by atoms with Crippen LogP contribution >= 0.6 is 23.2 Å². The SMILES string of the molecule is Cc1c(-c2ccc(S(C)=O)cc2)cnc(-c2cccc(Cl)c2Cl)c1C. The first-order chi connectivity index (χ1) is 11.9. The summed E-state index contributed by atoms with van der Waals surface area (Å²) in [6.07, 6.45) is 3.53. The predicted octanol–water partition coefficient (Wildman–Crippen LogP) is 6.08. The summed E-state index contributed by atoms with van der Waals surface area (Å²) in [6, 6.07) is 13.3. The minimum atomic E-state index is -0.980. The summed E-state index contributed by atoms with van der Waals surface area (Å²) >= 11 is 12.5. The van der Waals surface area contributed by atoms with Crippen LogP contribution in [0.1, 0.15) is 11.1 Å². The lowest BCUT2D eigenvalue weighted by atomic mass is 9.96. The lowest BCUT2D eigenvalue weighted by Gasteiger charge is -2.14. The zero-order chi connectivity index (χ0) is 18.1. The molecule has 0 aliphatic carbocycles. The van der Waals surface area contributed by atoms with E-state index in [1.54, 1.807) is 12.3 Å². The number of halogens is 2. The lowest BCUT2D eigenvalue weighted by molar-refractivity contribution is 0.687. The van der Waals surface area contributed by atoms with Crippen LogP contribution in [0.4, 0.5) is 0 Å². The fourth-order valence-corrected chi connectivity index (χ4v) is 3.69. The molecule has 5 heteroatoms. The van der Waals surface area contributed by atoms with E-state index in [9.17, 15) is 4.21 Å². The Morgan fingerprint density at radius 3 is 2.24 bits per heavy atom. The van der Waals surface area contributed by atoms with Gasteiger partial charge >= 0.3 is 0 Å². The average molecular weight is 390 g/mol. The molecule has 3 rings (SSSR count). The van der Waals surface area contributed by atoms with Crippen LogP contribution in [0.15, 0.2) is 53.6 Å². The zero-order valence-corrected chi connectivity index (χ0v) is 16.5. The Morgan fingerprint density at radius 2 is 1.60 bits per heavy atom. The summed E-state index contributed by atoms with van der Waals surface area (Å²) in [4.78, 5) is 5.46. The highest BCUT2D eigenvalue weighted by atomic mass is 35.5. The first kappa shape index (κ1) is 18.1. The molecule has 1 aromatic heterocycles. The number of aromatic nitrogens is 1. The molecule has 128 valence electrons. The van der Waals surface area contributed by atoms with Gasteiger partial charge in [0.1, 0.15) is 0 Å². The summed E-state index contributed by atoms with van der Waals surface area (Å²) in [6.45, 7) is 4.11. The van der Waals surface area contributed by atoms with Gasteiger partial charge in [0, 0.05) is 39.3 Å². The van der Waals surface area contributed by atoms with Gasteiger partial charge in [-0.3, -0.25) is 9.19 Å². The van der Waals surface area contributed by atoms with Crippen LogP contribution < -0.4 is 0 Å². The van der Waals surface area contributed by atoms with Crippen LogP contribution in [0.3, 0.4) is 0 Å². The Labute approximate surface area is 160 Å². The second kappa shape index (κ2) is 7.28. The third kappa shape index (κ3) is 3.50. The largest absolute Gasteiger partial charge is 0.255 e. The van der Waals surface area contributed by atoms with Crippen LogP contribution in [0.25, 0.3) is 22.4 Å². The van der Waals surface area contributed by atoms with Gasteiger partial charge in [-0.2, -0.15) is 0 Å². The molecule has 0 bridgehead atoms. The molecule has 0 N–H and O–H groups in total. The molecule has 0 saturated heterocycles. The van der Waals surface area contributed by atoms with Crippen molar-refractivity contribution in [3.8, 4) is 22.4 Å². The molecule has 3 aromatic rings. The number of hydrogen-bond donors (Lipinski definition) is 0. The van der Waals surface area contributed by atoms with Crippen LogP contribution in [0.2, 0.25) is 10.0 Å². The number of benzene rings is 2. The molecule has 1 unspecified atom stereocenters. The highest BCUT2D eigenvalue weighted by Crippen LogP contribution is 2.36. The fraction of sp³-hybridized carbons (Fsp3) is 0.150. The summed E-state index contributed by atoms with van der Waals surface area (Å²) in [5.41, 5.74) is 5.95. The number of hydrogen-bond acceptors (Lipinski definition) is 2. The Bertz CT molecular complexity index is 968. The first-order valence-electron chi connectivity index (χ1n) is 7.74. The Balaban J connectivity index is 2.09. The first-order valence-corrected chi connectivity index (χ1v) is 10.1. The molecular weight excluding hydrogens is 373 g/mol. The smallest absolute Gasteiger partial charge is 0.0749 e. The minimum Gasteiger partial charge on any atom is -0.255 e. The zero-order valence-electron chi connectivity index (χ0n) is 14.1. The normalized spacial score (nSPS) is 12.2. The fourth-order valence-electron chi connectivity index (χ4n) is 2.78. The minimum absolute atomic E-state index is 0.515. The molecule has 2 nitrogen and oxygen atoms in total. The highest BCUT2D eigenvalue weighted by molar-refractivity contribution is 7.84. The molecule has 25 heavy (non-hydrogen) atoms. The maximum absolute atomic E-state index is 11.6. The van der Waals surface area contributed by atoms with Crippen LogP contribution in [-0.2, 0) is 10.8 Å². The van der Waals surface area contributed by atoms with Crippen molar-refractivity contribution in [1.29, 1.82) is 0 Å². The van der Waals surface area contributed by atoms with Gasteiger partial charge in [-0.15, -0.1) is 0 Å². The van der Waals surface area contributed by atoms with Crippen LogP contribution in [0.5, 0.6) is 0 Å². The quantitative estimate of drug-likeness (QED) is 0.543. The van der Waals surface area contributed by atoms with Gasteiger partial charge in [0.15, 0.2) is 0 Å². The monoisotopic (exact) mass is 389 g/mol. The van der Waals surface area contributed by atoms with Gasteiger partial charge in [0.25, 0.3) is 0 Å². The Kier molecular flexibility index (Phi) is 5.28. The standard InChI is InChI=1S/C20H17Cl2NOS/c1-12-13(2)20(16-5-4-6-18(21)19(16)22)23-11-17(12)14-7-9-15(10-8-14)25(3)24/h4-11H,1-3H3. The molecule has 0 radical (unpaired) electrons. The van der Waals surface area contributed by atoms with Crippen LogP contribution in [-0.4, -0.2) is 15.4 Å². The number of pyridine rings is 1. The van der Waals surface area contributed by atoms with E-state index in [0.717, 1.165) is 38.4 Å². The maximum Gasteiger partial charge on any atom is 0.0749 e. The summed E-state index contributed by atoms with van der Waals surface area (Å²) < 4.78 is 11.6. The molecule has 0 amide bonds. The number of rotatable bonds is 3. The molecular formula is C20H17Cl2NOS. The van der Waals surface area contributed by atoms with Gasteiger partial charge in [-0.05, 0) is 48.7 Å². The summed E-state index contributed by atoms with van der Waals surface area (Å²) in [5, 5.41) is 1.03. The molecule has 0 aliphatic heterocycles. The predicted molar refractivity (Wildman–Crippen MR) is 107 cm³/mol. The second-order valence-electron chi connectivity index (χ2n) is 5.85. The van der Waals surface area contributed by atoms with Gasteiger partial charge in [0.05, 0.1) is 15.7 Å². The summed E-state index contributed by atoms with van der Waals surface area (Å²) in [5.74, 6) is 0. The average Bonchev–Trinajstić information content (AvgIpc) is 2.60. The van der Waals surface area contributed by atoms with Crippen molar-refractivity contribution in [2.75, 3.05) is 6.26 Å². The van der Waals surface area contributed by atoms with Crippen molar-refractivity contribution in [3.63, 3.8) is 0 Å². The van der Waals surface area contributed by atoms with E-state index in [2.05, 4.69) is 11.9 Å². The van der Waals surface area contributed by atoms with Crippen molar-refractivity contribution in [1.82, 2.24) is 4.98 Å². The van der Waals surface area contributed by atoms with Crippen molar-refractivity contribution >= 4 is 34.0 Å². The molecule has 0 aliphatic rings. The summed E-state index contributed by atoms with van der Waals surface area (Å²) in [7, 11) is -0.980. The van der Waals surface area contributed by atoms with Crippen molar-refractivity contribution in [3.05, 3.63) is 69.8 Å². The Hall–Kier alpha value is -1.68. The molecule has 0 spiro atoms. The van der Waals surface area contributed by atoms with Crippen LogP contribution in [0, 0.1) is 13.8 Å². The van der Waals surface area contributed by atoms with Crippen molar-refractivity contribution < 1.29 is 4.21 Å². The van der Waals surface area contributed by atoms with E-state index < -0.39 is 10.8 Å². The third-order valence-electron chi connectivity index (χ3n) is 4.35. The third-order valence-corrected chi connectivity index (χ3v) is 6.10. The maximum atomic E-state index is 11.6. The molecule has 0 fully saturated rings. The number of nitrogens with zero attached hydrogens (tertiary/aromatic N) is 1. The topological polar surface area (TPSA) is 30.0 Å². The molecule has 1 heterocycles. The highest BCUT2D eigenvalue weighted by Gasteiger charge is 2.15. The molecule has 0 saturated carbocycles. The van der Waals surface area contributed by atoms with Gasteiger partial charge in [0.2, 0.25) is 0 Å². The lowest BCUT2D eigenvalue weighted by Crippen LogP contribution is -1.96. The van der Waals surface area contributed by atoms with E-state index in [4.69, 9.17) is 23.2 Å².